The van der Waals surface area contributed by atoms with Crippen molar-refractivity contribution in [1.29, 1.82) is 0 Å². The summed E-state index contributed by atoms with van der Waals surface area (Å²) in [5.74, 6) is -0.520. The highest BCUT2D eigenvalue weighted by molar-refractivity contribution is 6.01. The van der Waals surface area contributed by atoms with Gasteiger partial charge in [0.2, 0.25) is 0 Å². The molecule has 1 aromatic heterocycles. The fraction of sp³-hybridized carbons (Fsp3) is 0.286. The Morgan fingerprint density at radius 2 is 2.16 bits per heavy atom. The molecule has 0 atom stereocenters. The first-order chi connectivity index (χ1) is 9.14. The van der Waals surface area contributed by atoms with E-state index in [1.165, 1.54) is 13.3 Å². The topological polar surface area (TPSA) is 85.2 Å². The summed E-state index contributed by atoms with van der Waals surface area (Å²) in [5.41, 5.74) is 8.20. The van der Waals surface area contributed by atoms with Crippen molar-refractivity contribution >= 4 is 17.8 Å². The SMILES string of the molecule is C/C=C(\C=C/N)c1[nH]c(C=O)c(C(=O)OC)c1CC. The summed E-state index contributed by atoms with van der Waals surface area (Å²) < 4.78 is 4.73. The van der Waals surface area contributed by atoms with Crippen molar-refractivity contribution < 1.29 is 14.3 Å². The van der Waals surface area contributed by atoms with Crippen LogP contribution in [0.2, 0.25) is 0 Å². The number of hydrogen-bond acceptors (Lipinski definition) is 4. The van der Waals surface area contributed by atoms with Crippen molar-refractivity contribution in [3.63, 3.8) is 0 Å². The number of nitrogens with one attached hydrogen (secondary N) is 1. The van der Waals surface area contributed by atoms with Gasteiger partial charge in [-0.2, -0.15) is 0 Å². The van der Waals surface area contributed by atoms with Crippen LogP contribution in [-0.2, 0) is 11.2 Å². The molecule has 0 amide bonds. The minimum Gasteiger partial charge on any atom is -0.465 e. The normalized spacial score (nSPS) is 11.8. The summed E-state index contributed by atoms with van der Waals surface area (Å²) >= 11 is 0. The number of nitrogens with two attached hydrogens (primary N) is 1. The van der Waals surface area contributed by atoms with E-state index in [0.29, 0.717) is 24.0 Å². The van der Waals surface area contributed by atoms with E-state index in [2.05, 4.69) is 4.98 Å². The number of esters is 1. The number of aldehydes is 1. The van der Waals surface area contributed by atoms with E-state index >= 15 is 0 Å². The summed E-state index contributed by atoms with van der Waals surface area (Å²) in [5, 5.41) is 0. The van der Waals surface area contributed by atoms with E-state index in [1.54, 1.807) is 6.08 Å². The number of carbonyl (C=O) groups is 2. The second kappa shape index (κ2) is 6.58. The molecule has 0 fully saturated rings. The van der Waals surface area contributed by atoms with E-state index in [4.69, 9.17) is 10.5 Å². The maximum Gasteiger partial charge on any atom is 0.340 e. The molecule has 0 saturated carbocycles. The summed E-state index contributed by atoms with van der Waals surface area (Å²) in [6.07, 6.45) is 6.19. The van der Waals surface area contributed by atoms with E-state index in [0.717, 1.165) is 11.1 Å². The van der Waals surface area contributed by atoms with Gasteiger partial charge in [-0.15, -0.1) is 0 Å². The molecule has 0 bridgehead atoms. The van der Waals surface area contributed by atoms with Crippen molar-refractivity contribution in [2.45, 2.75) is 20.3 Å². The maximum absolute atomic E-state index is 11.8. The van der Waals surface area contributed by atoms with Crippen molar-refractivity contribution in [3.05, 3.63) is 40.9 Å². The molecule has 0 aromatic carbocycles. The van der Waals surface area contributed by atoms with Crippen molar-refractivity contribution in [2.24, 2.45) is 5.73 Å². The van der Waals surface area contributed by atoms with E-state index in [-0.39, 0.29) is 5.69 Å². The van der Waals surface area contributed by atoms with Gasteiger partial charge in [0, 0.05) is 5.69 Å². The lowest BCUT2D eigenvalue weighted by Crippen LogP contribution is -2.06. The largest absolute Gasteiger partial charge is 0.465 e. The molecule has 19 heavy (non-hydrogen) atoms. The van der Waals surface area contributed by atoms with Crippen molar-refractivity contribution in [1.82, 2.24) is 4.98 Å². The number of methoxy groups -OCH3 is 1. The number of H-pyrrole nitrogens is 1. The minimum atomic E-state index is -0.520. The highest BCUT2D eigenvalue weighted by Crippen LogP contribution is 2.26. The van der Waals surface area contributed by atoms with Crippen LogP contribution < -0.4 is 5.73 Å². The number of aromatic nitrogens is 1. The predicted octanol–water partition coefficient (Wildman–Crippen LogP) is 2.05. The number of hydrogen-bond donors (Lipinski definition) is 2. The van der Waals surface area contributed by atoms with Crippen LogP contribution in [-0.4, -0.2) is 24.3 Å². The summed E-state index contributed by atoms with van der Waals surface area (Å²) in [6.45, 7) is 3.77. The van der Waals surface area contributed by atoms with Gasteiger partial charge in [-0.3, -0.25) is 4.79 Å². The Bertz CT molecular complexity index is 539. The van der Waals surface area contributed by atoms with Gasteiger partial charge in [0.25, 0.3) is 0 Å². The number of carbonyl (C=O) groups excluding carboxylic acids is 2. The van der Waals surface area contributed by atoms with Gasteiger partial charge >= 0.3 is 5.97 Å². The van der Waals surface area contributed by atoms with Crippen molar-refractivity contribution in [3.8, 4) is 0 Å². The van der Waals surface area contributed by atoms with Crippen LogP contribution in [0, 0.1) is 0 Å². The molecule has 5 nitrogen and oxygen atoms in total. The molecule has 0 aliphatic rings. The molecule has 0 aliphatic carbocycles. The Balaban J connectivity index is 3.55. The van der Waals surface area contributed by atoms with Gasteiger partial charge in [0.15, 0.2) is 6.29 Å². The zero-order valence-corrected chi connectivity index (χ0v) is 11.3. The fourth-order valence-electron chi connectivity index (χ4n) is 2.01. The van der Waals surface area contributed by atoms with E-state index in [9.17, 15) is 9.59 Å². The van der Waals surface area contributed by atoms with Gasteiger partial charge in [-0.25, -0.2) is 4.79 Å². The lowest BCUT2D eigenvalue weighted by atomic mass is 10.0. The number of aromatic amines is 1. The van der Waals surface area contributed by atoms with Crippen LogP contribution >= 0.6 is 0 Å². The molecule has 1 aromatic rings. The number of rotatable bonds is 5. The molecule has 1 rings (SSSR count). The van der Waals surface area contributed by atoms with E-state index < -0.39 is 5.97 Å². The molecule has 0 radical (unpaired) electrons. The number of ether oxygens (including phenoxy) is 1. The molecule has 0 saturated heterocycles. The summed E-state index contributed by atoms with van der Waals surface area (Å²) in [7, 11) is 1.29. The summed E-state index contributed by atoms with van der Waals surface area (Å²) in [4.78, 5) is 25.8. The average molecular weight is 262 g/mol. The van der Waals surface area contributed by atoms with Gasteiger partial charge < -0.3 is 15.5 Å². The smallest absolute Gasteiger partial charge is 0.340 e. The molecule has 0 spiro atoms. The fourth-order valence-corrected chi connectivity index (χ4v) is 2.01. The monoisotopic (exact) mass is 262 g/mol. The van der Waals surface area contributed by atoms with E-state index in [1.807, 2.05) is 19.9 Å². The van der Waals surface area contributed by atoms with Gasteiger partial charge in [-0.1, -0.05) is 13.0 Å². The molecule has 3 N–H and O–H groups in total. The van der Waals surface area contributed by atoms with Gasteiger partial charge in [-0.05, 0) is 36.8 Å². The quantitative estimate of drug-likeness (QED) is 0.483. The van der Waals surface area contributed by atoms with Crippen LogP contribution in [0.3, 0.4) is 0 Å². The second-order valence-electron chi connectivity index (χ2n) is 3.83. The molecule has 102 valence electrons. The second-order valence-corrected chi connectivity index (χ2v) is 3.83. The van der Waals surface area contributed by atoms with Crippen LogP contribution in [0.15, 0.2) is 18.4 Å². The minimum absolute atomic E-state index is 0.225. The molecule has 1 heterocycles. The standard InChI is InChI=1S/C14H18N2O3/c1-4-9(6-7-15)13-10(5-2)12(14(18)19-3)11(8-17)16-13/h4,6-8,16H,5,15H2,1-3H3/b7-6-,9-4+. The molecular formula is C14H18N2O3. The molecule has 0 aliphatic heterocycles. The first kappa shape index (κ1) is 14.8. The first-order valence-corrected chi connectivity index (χ1v) is 5.97. The Morgan fingerprint density at radius 3 is 2.58 bits per heavy atom. The maximum atomic E-state index is 11.8. The number of allylic oxidation sites excluding steroid dienone is 3. The third kappa shape index (κ3) is 2.76. The van der Waals surface area contributed by atoms with Gasteiger partial charge in [0.05, 0.1) is 18.4 Å². The van der Waals surface area contributed by atoms with Crippen molar-refractivity contribution in [2.75, 3.05) is 7.11 Å². The molecule has 5 heteroatoms. The lowest BCUT2D eigenvalue weighted by molar-refractivity contribution is 0.0597. The molecule has 0 unspecified atom stereocenters. The zero-order valence-electron chi connectivity index (χ0n) is 11.3. The zero-order chi connectivity index (χ0) is 14.4. The third-order valence-corrected chi connectivity index (χ3v) is 2.87. The third-order valence-electron chi connectivity index (χ3n) is 2.87. The molecular weight excluding hydrogens is 244 g/mol. The van der Waals surface area contributed by atoms with Crippen LogP contribution in [0.5, 0.6) is 0 Å². The van der Waals surface area contributed by atoms with Crippen LogP contribution in [0.25, 0.3) is 5.57 Å². The highest BCUT2D eigenvalue weighted by atomic mass is 16.5. The lowest BCUT2D eigenvalue weighted by Gasteiger charge is -2.04. The Morgan fingerprint density at radius 1 is 1.47 bits per heavy atom. The average Bonchev–Trinajstić information content (AvgIpc) is 2.82. The van der Waals surface area contributed by atoms with Gasteiger partial charge in [0.1, 0.15) is 0 Å². The highest BCUT2D eigenvalue weighted by Gasteiger charge is 2.23. The Labute approximate surface area is 112 Å². The predicted molar refractivity (Wildman–Crippen MR) is 73.9 cm³/mol. The Kier molecular flexibility index (Phi) is 5.11. The van der Waals surface area contributed by atoms with Crippen LogP contribution in [0.1, 0.15) is 46.0 Å². The summed E-state index contributed by atoms with van der Waals surface area (Å²) in [6, 6.07) is 0. The Hall–Kier alpha value is -2.30. The first-order valence-electron chi connectivity index (χ1n) is 5.97. The van der Waals surface area contributed by atoms with Crippen LogP contribution in [0.4, 0.5) is 0 Å².